The minimum Gasteiger partial charge on any atom is -0.372 e. The molecule has 0 aliphatic heterocycles. The summed E-state index contributed by atoms with van der Waals surface area (Å²) in [5, 5.41) is 5.48. The molecule has 1 aromatic carbocycles. The minimum absolute atomic E-state index is 0.124. The lowest BCUT2D eigenvalue weighted by Gasteiger charge is -2.12. The van der Waals surface area contributed by atoms with Crippen LogP contribution < -0.4 is 10.6 Å². The normalized spacial score (nSPS) is 10.3. The topological polar surface area (TPSA) is 54.0 Å². The fraction of sp³-hybridized carbons (Fsp3) is 0.0769. The fourth-order valence-corrected chi connectivity index (χ4v) is 4.11. The number of nitrogens with zero attached hydrogens (tertiary/aromatic N) is 1. The van der Waals surface area contributed by atoms with Gasteiger partial charge in [0, 0.05) is 20.5 Å². The molecule has 1 amide bonds. The van der Waals surface area contributed by atoms with Crippen LogP contribution in [0.1, 0.15) is 10.4 Å². The molecule has 1 aromatic heterocycles. The molecule has 2 rings (SSSR count). The molecule has 0 spiro atoms. The average molecular weight is 482 g/mol. The molecule has 0 bridgehead atoms. The predicted molar refractivity (Wildman–Crippen MR) is 91.2 cm³/mol. The lowest BCUT2D eigenvalue weighted by Crippen LogP contribution is -2.16. The number of aromatic nitrogens is 1. The third-order valence-electron chi connectivity index (χ3n) is 2.58. The maximum atomic E-state index is 13.3. The smallest absolute Gasteiger partial charge is 0.259 e. The van der Waals surface area contributed by atoms with Crippen molar-refractivity contribution in [3.05, 3.63) is 49.2 Å². The Morgan fingerprint density at radius 3 is 2.38 bits per heavy atom. The molecule has 110 valence electrons. The van der Waals surface area contributed by atoms with Crippen molar-refractivity contribution < 1.29 is 9.18 Å². The van der Waals surface area contributed by atoms with Gasteiger partial charge in [-0.05, 0) is 50.1 Å². The predicted octanol–water partition coefficient (Wildman–Crippen LogP) is 4.80. The molecule has 0 atom stereocenters. The van der Waals surface area contributed by atoms with Crippen LogP contribution in [0.2, 0.25) is 0 Å². The van der Waals surface area contributed by atoms with E-state index in [-0.39, 0.29) is 5.56 Å². The highest BCUT2D eigenvalue weighted by atomic mass is 79.9. The van der Waals surface area contributed by atoms with Gasteiger partial charge in [-0.25, -0.2) is 9.37 Å². The Morgan fingerprint density at radius 2 is 1.81 bits per heavy atom. The van der Waals surface area contributed by atoms with E-state index in [2.05, 4.69) is 63.4 Å². The summed E-state index contributed by atoms with van der Waals surface area (Å²) in [6.07, 6.45) is 1.05. The SMILES string of the molecule is CNc1ncc(F)cc1C(=O)Nc1c(Br)cc(Br)cc1Br. The van der Waals surface area contributed by atoms with Crippen LogP contribution in [-0.2, 0) is 0 Å². The fourth-order valence-electron chi connectivity index (χ4n) is 1.65. The Labute approximate surface area is 145 Å². The molecule has 0 aliphatic rings. The van der Waals surface area contributed by atoms with Gasteiger partial charge in [0.2, 0.25) is 0 Å². The number of hydrogen-bond acceptors (Lipinski definition) is 3. The average Bonchev–Trinajstić information content (AvgIpc) is 2.42. The van der Waals surface area contributed by atoms with Gasteiger partial charge in [0.15, 0.2) is 0 Å². The number of halogens is 4. The van der Waals surface area contributed by atoms with E-state index in [0.29, 0.717) is 20.5 Å². The molecule has 0 aliphatic carbocycles. The molecule has 0 saturated heterocycles. The van der Waals surface area contributed by atoms with Gasteiger partial charge in [-0.3, -0.25) is 4.79 Å². The number of hydrogen-bond donors (Lipinski definition) is 2. The van der Waals surface area contributed by atoms with Gasteiger partial charge in [0.25, 0.3) is 5.91 Å². The number of pyridine rings is 1. The van der Waals surface area contributed by atoms with Crippen LogP contribution in [0.15, 0.2) is 37.8 Å². The highest BCUT2D eigenvalue weighted by Gasteiger charge is 2.16. The van der Waals surface area contributed by atoms with E-state index in [0.717, 1.165) is 16.7 Å². The van der Waals surface area contributed by atoms with Crippen LogP contribution in [0.25, 0.3) is 0 Å². The number of carbonyl (C=O) groups excluding carboxylic acids is 1. The monoisotopic (exact) mass is 479 g/mol. The first-order chi connectivity index (χ1) is 9.92. The van der Waals surface area contributed by atoms with Gasteiger partial charge < -0.3 is 10.6 Å². The zero-order chi connectivity index (χ0) is 15.6. The number of anilines is 2. The highest BCUT2D eigenvalue weighted by molar-refractivity contribution is 9.11. The summed E-state index contributed by atoms with van der Waals surface area (Å²) in [5.41, 5.74) is 0.675. The van der Waals surface area contributed by atoms with Crippen molar-refractivity contribution in [3.63, 3.8) is 0 Å². The molecule has 2 N–H and O–H groups in total. The maximum absolute atomic E-state index is 13.3. The number of amides is 1. The molecular weight excluding hydrogens is 473 g/mol. The summed E-state index contributed by atoms with van der Waals surface area (Å²) in [5.74, 6) is -0.735. The van der Waals surface area contributed by atoms with Crippen molar-refractivity contribution in [3.8, 4) is 0 Å². The Hall–Kier alpha value is -0.990. The van der Waals surface area contributed by atoms with Gasteiger partial charge in [0.05, 0.1) is 17.4 Å². The Kier molecular flexibility index (Phi) is 5.34. The molecule has 4 nitrogen and oxygen atoms in total. The van der Waals surface area contributed by atoms with E-state index in [1.54, 1.807) is 19.2 Å². The van der Waals surface area contributed by atoms with Crippen molar-refractivity contribution >= 4 is 65.2 Å². The van der Waals surface area contributed by atoms with Gasteiger partial charge in [0.1, 0.15) is 11.6 Å². The second kappa shape index (κ2) is 6.85. The van der Waals surface area contributed by atoms with Crippen LogP contribution in [-0.4, -0.2) is 17.9 Å². The summed E-state index contributed by atoms with van der Waals surface area (Å²) in [6.45, 7) is 0. The van der Waals surface area contributed by atoms with E-state index in [9.17, 15) is 9.18 Å². The van der Waals surface area contributed by atoms with Gasteiger partial charge in [-0.15, -0.1) is 0 Å². The molecule has 0 saturated carbocycles. The third-order valence-corrected chi connectivity index (χ3v) is 4.29. The molecule has 1 heterocycles. The van der Waals surface area contributed by atoms with E-state index in [4.69, 9.17) is 0 Å². The first-order valence-electron chi connectivity index (χ1n) is 5.71. The van der Waals surface area contributed by atoms with Crippen LogP contribution >= 0.6 is 47.8 Å². The third kappa shape index (κ3) is 3.81. The Morgan fingerprint density at radius 1 is 1.19 bits per heavy atom. The standard InChI is InChI=1S/C13H9Br3FN3O/c1-18-12-8(4-7(17)5-19-12)13(21)20-11-9(15)2-6(14)3-10(11)16/h2-5H,1H3,(H,18,19)(H,20,21). The van der Waals surface area contributed by atoms with E-state index >= 15 is 0 Å². The highest BCUT2D eigenvalue weighted by Crippen LogP contribution is 2.34. The summed E-state index contributed by atoms with van der Waals surface area (Å²) in [4.78, 5) is 16.2. The van der Waals surface area contributed by atoms with Crippen molar-refractivity contribution in [2.24, 2.45) is 0 Å². The van der Waals surface area contributed by atoms with Crippen molar-refractivity contribution in [2.75, 3.05) is 17.7 Å². The molecule has 0 radical (unpaired) electrons. The van der Waals surface area contributed by atoms with Crippen LogP contribution in [0, 0.1) is 5.82 Å². The molecule has 2 aromatic rings. The Bertz CT molecular complexity index is 686. The lowest BCUT2D eigenvalue weighted by atomic mass is 10.2. The lowest BCUT2D eigenvalue weighted by molar-refractivity contribution is 0.102. The quantitative estimate of drug-likeness (QED) is 0.662. The van der Waals surface area contributed by atoms with E-state index in [1.165, 1.54) is 0 Å². The van der Waals surface area contributed by atoms with Crippen molar-refractivity contribution in [2.45, 2.75) is 0 Å². The zero-order valence-corrected chi connectivity index (χ0v) is 15.4. The Balaban J connectivity index is 2.37. The number of benzene rings is 1. The molecule has 0 unspecified atom stereocenters. The summed E-state index contributed by atoms with van der Waals surface area (Å²) in [6, 6.07) is 4.72. The first-order valence-corrected chi connectivity index (χ1v) is 8.09. The first kappa shape index (κ1) is 16.4. The van der Waals surface area contributed by atoms with Crippen molar-refractivity contribution in [1.29, 1.82) is 0 Å². The van der Waals surface area contributed by atoms with E-state index in [1.807, 2.05) is 0 Å². The van der Waals surface area contributed by atoms with E-state index < -0.39 is 11.7 Å². The molecular formula is C13H9Br3FN3O. The van der Waals surface area contributed by atoms with Gasteiger partial charge in [-0.1, -0.05) is 15.9 Å². The summed E-state index contributed by atoms with van der Waals surface area (Å²) >= 11 is 10.1. The number of nitrogens with one attached hydrogen (secondary N) is 2. The molecule has 8 heteroatoms. The summed E-state index contributed by atoms with van der Waals surface area (Å²) < 4.78 is 15.5. The molecule has 0 fully saturated rings. The van der Waals surface area contributed by atoms with Crippen LogP contribution in [0.5, 0.6) is 0 Å². The van der Waals surface area contributed by atoms with Gasteiger partial charge in [-0.2, -0.15) is 0 Å². The maximum Gasteiger partial charge on any atom is 0.259 e. The zero-order valence-electron chi connectivity index (χ0n) is 10.7. The second-order valence-corrected chi connectivity index (χ2v) is 6.62. The number of rotatable bonds is 3. The second-order valence-electron chi connectivity index (χ2n) is 4.00. The summed E-state index contributed by atoms with van der Waals surface area (Å²) in [7, 11) is 1.61. The van der Waals surface area contributed by atoms with Crippen LogP contribution in [0.3, 0.4) is 0 Å². The minimum atomic E-state index is -0.576. The van der Waals surface area contributed by atoms with Crippen LogP contribution in [0.4, 0.5) is 15.9 Å². The van der Waals surface area contributed by atoms with Crippen molar-refractivity contribution in [1.82, 2.24) is 4.98 Å². The van der Waals surface area contributed by atoms with Gasteiger partial charge >= 0.3 is 0 Å². The molecule has 21 heavy (non-hydrogen) atoms. The number of carbonyl (C=O) groups is 1. The largest absolute Gasteiger partial charge is 0.372 e.